The van der Waals surface area contributed by atoms with Crippen LogP contribution in [-0.4, -0.2) is 390 Å². The van der Waals surface area contributed by atoms with Gasteiger partial charge in [-0.15, -0.1) is 0 Å². The normalized spacial score (nSPS) is 47.6. The minimum absolute atomic E-state index is 0.00660. The topological polar surface area (TPSA) is 305 Å². The molecule has 1 saturated carbocycles. The van der Waals surface area contributed by atoms with E-state index in [1.807, 2.05) is 0 Å². The van der Waals surface area contributed by atoms with Crippen LogP contribution < -0.4 is 0 Å². The Hall–Kier alpha value is -1.32. The highest BCUT2D eigenvalue weighted by Gasteiger charge is 2.62. The van der Waals surface area contributed by atoms with Crippen LogP contribution in [0, 0.1) is 5.92 Å². The van der Waals surface area contributed by atoms with Gasteiger partial charge in [0.05, 0.1) is 58.5 Å². The quantitative estimate of drug-likeness (QED) is 0.105. The van der Waals surface area contributed by atoms with Crippen LogP contribution in [0.25, 0.3) is 0 Å². The highest BCUT2D eigenvalue weighted by atomic mass is 16.8. The van der Waals surface area contributed by atoms with Crippen molar-refractivity contribution in [2.24, 2.45) is 5.92 Å². The Labute approximate surface area is 557 Å². The summed E-state index contributed by atoms with van der Waals surface area (Å²) in [7, 11) is 29.2. The molecular weight excluding hydrogens is 1270 g/mol. The summed E-state index contributed by atoms with van der Waals surface area (Å²) in [6.07, 6.45) is -31.1. The average Bonchev–Trinajstić information content (AvgIpc) is 1.78. The first-order valence-corrected chi connectivity index (χ1v) is 32.2. The highest BCUT2D eigenvalue weighted by Crippen LogP contribution is 2.45. The fraction of sp³-hybridized carbons (Fsp3) is 1.00. The molecule has 0 aromatic rings. The molecule has 22 aliphatic rings. The van der Waals surface area contributed by atoms with Crippen LogP contribution in [0.15, 0.2) is 0 Å². The maximum absolute atomic E-state index is 7.18. The van der Waals surface area contributed by atoms with E-state index in [4.69, 9.17) is 156 Å². The number of methoxy groups -OCH3 is 19. The third kappa shape index (κ3) is 16.4. The molecule has 0 N–H and O–H groups in total. The van der Waals surface area contributed by atoms with Crippen LogP contribution in [0.4, 0.5) is 0 Å². The Morgan fingerprint density at radius 1 is 0.211 bits per heavy atom. The zero-order valence-electron chi connectivity index (χ0n) is 58.3. The SMILES string of the molecule is COC[C@H]1O[C@@H]2O[C@@H]3[C@H]4CO[C@@H]3[C@@H](OC)[C@H](C4)O[C@H]3[C@H](OC)[C@@H](OC)[C@@H](O[C@H]4[C@H](OC)[C@@H](OC)[C@@H](O[C@H]5[C@H](OC)[C@@H](OC)[C@@H](O[C@H]6[C@H](OC)[C@@H](OC)[C@@H](O[C@H]7[C@H](OC)[C@@H](OC)[C@@H](O[C@H]1[C@H](OC)[C@H]2OC)O[C@@H]7COC)O[C@@H]6COC)O[C@@H]5COC)O[C@@H]4COC)O[C@@H]3COC. The van der Waals surface area contributed by atoms with E-state index >= 15 is 0 Å². The van der Waals surface area contributed by atoms with Crippen molar-refractivity contribution < 1.29 is 156 Å². The molecule has 554 valence electrons. The molecule has 0 unspecified atom stereocenters. The van der Waals surface area contributed by atoms with Crippen molar-refractivity contribution in [2.45, 2.75) is 215 Å². The Morgan fingerprint density at radius 2 is 0.411 bits per heavy atom. The third-order valence-corrected chi connectivity index (χ3v) is 19.7. The predicted octanol–water partition coefficient (Wildman–Crippen LogP) is -1.09. The van der Waals surface area contributed by atoms with Crippen LogP contribution >= 0.6 is 0 Å². The molecule has 22 rings (SSSR count). The fourth-order valence-corrected chi connectivity index (χ4v) is 15.4. The van der Waals surface area contributed by atoms with Gasteiger partial charge in [-0.25, -0.2) is 0 Å². The molecule has 22 fully saturated rings. The maximum Gasteiger partial charge on any atom is 0.187 e. The van der Waals surface area contributed by atoms with Crippen LogP contribution in [0.3, 0.4) is 0 Å². The van der Waals surface area contributed by atoms with Crippen LogP contribution in [-0.2, 0) is 156 Å². The van der Waals surface area contributed by atoms with Crippen molar-refractivity contribution in [1.29, 1.82) is 0 Å². The molecule has 95 heavy (non-hydrogen) atoms. The first kappa shape index (κ1) is 77.8. The summed E-state index contributed by atoms with van der Waals surface area (Å²) < 4.78 is 214. The summed E-state index contributed by atoms with van der Waals surface area (Å²) in [5, 5.41) is 0. The molecule has 1 aliphatic carbocycles. The minimum Gasteiger partial charge on any atom is -0.382 e. The van der Waals surface area contributed by atoms with Crippen LogP contribution in [0.1, 0.15) is 6.42 Å². The van der Waals surface area contributed by atoms with Gasteiger partial charge in [0.2, 0.25) is 0 Å². The molecule has 0 amide bonds. The van der Waals surface area contributed by atoms with E-state index in [-0.39, 0.29) is 45.6 Å². The smallest absolute Gasteiger partial charge is 0.187 e. The minimum atomic E-state index is -1.20. The van der Waals surface area contributed by atoms with E-state index in [2.05, 4.69) is 0 Å². The van der Waals surface area contributed by atoms with E-state index in [0.717, 1.165) is 0 Å². The molecular formula is C62H108O33. The summed E-state index contributed by atoms with van der Waals surface area (Å²) in [5.74, 6) is -0.232. The lowest BCUT2D eigenvalue weighted by atomic mass is 9.82. The molecule has 35 atom stereocenters. The number of ether oxygens (including phenoxy) is 33. The summed E-state index contributed by atoms with van der Waals surface area (Å²) in [6, 6.07) is 0. The lowest BCUT2D eigenvalue weighted by Crippen LogP contribution is -2.69. The molecule has 21 heterocycles. The highest BCUT2D eigenvalue weighted by molar-refractivity contribution is 5.06. The van der Waals surface area contributed by atoms with Crippen LogP contribution in [0.2, 0.25) is 0 Å². The second-order valence-electron chi connectivity index (χ2n) is 24.6. The summed E-state index contributed by atoms with van der Waals surface area (Å²) >= 11 is 0. The zero-order chi connectivity index (χ0) is 68.2. The molecule has 0 spiro atoms. The van der Waals surface area contributed by atoms with E-state index < -0.39 is 209 Å². The van der Waals surface area contributed by atoms with Crippen molar-refractivity contribution >= 4 is 0 Å². The van der Waals surface area contributed by atoms with Gasteiger partial charge < -0.3 is 156 Å². The first-order valence-electron chi connectivity index (χ1n) is 32.2. The van der Waals surface area contributed by atoms with E-state index in [9.17, 15) is 0 Å². The lowest BCUT2D eigenvalue weighted by molar-refractivity contribution is -0.402. The van der Waals surface area contributed by atoms with Gasteiger partial charge >= 0.3 is 0 Å². The van der Waals surface area contributed by atoms with Crippen molar-refractivity contribution in [2.75, 3.05) is 181 Å². The second kappa shape index (κ2) is 37.2. The predicted molar refractivity (Wildman–Crippen MR) is 319 cm³/mol. The van der Waals surface area contributed by atoms with Crippen molar-refractivity contribution in [3.05, 3.63) is 0 Å². The molecule has 16 bridgehead atoms. The Morgan fingerprint density at radius 3 is 0.611 bits per heavy atom. The van der Waals surface area contributed by atoms with E-state index in [0.29, 0.717) is 13.0 Å². The van der Waals surface area contributed by atoms with Gasteiger partial charge in [-0.1, -0.05) is 0 Å². The van der Waals surface area contributed by atoms with Crippen molar-refractivity contribution in [3.8, 4) is 0 Å². The summed E-state index contributed by atoms with van der Waals surface area (Å²) in [5.41, 5.74) is 0. The molecule has 21 saturated heterocycles. The van der Waals surface area contributed by atoms with Gasteiger partial charge in [-0.2, -0.15) is 0 Å². The monoisotopic (exact) mass is 1380 g/mol. The largest absolute Gasteiger partial charge is 0.382 e. The molecule has 33 nitrogen and oxygen atoms in total. The first-order chi connectivity index (χ1) is 46.3. The number of rotatable bonds is 25. The van der Waals surface area contributed by atoms with E-state index in [1.54, 1.807) is 49.8 Å². The average molecular weight is 1380 g/mol. The van der Waals surface area contributed by atoms with Gasteiger partial charge in [0, 0.05) is 141 Å². The van der Waals surface area contributed by atoms with Gasteiger partial charge in [-0.3, -0.25) is 0 Å². The Bertz CT molecular complexity index is 2170. The van der Waals surface area contributed by atoms with Crippen LogP contribution in [0.5, 0.6) is 0 Å². The summed E-state index contributed by atoms with van der Waals surface area (Å²) in [4.78, 5) is 0. The van der Waals surface area contributed by atoms with E-state index in [1.165, 1.54) is 85.3 Å². The van der Waals surface area contributed by atoms with Crippen molar-refractivity contribution in [1.82, 2.24) is 0 Å². The number of hydrogen-bond acceptors (Lipinski definition) is 33. The molecule has 21 aliphatic heterocycles. The Kier molecular flexibility index (Phi) is 30.5. The second-order valence-corrected chi connectivity index (χ2v) is 24.6. The van der Waals surface area contributed by atoms with Crippen molar-refractivity contribution in [3.63, 3.8) is 0 Å². The Balaban J connectivity index is 1.11. The van der Waals surface area contributed by atoms with Gasteiger partial charge in [0.15, 0.2) is 37.7 Å². The number of hydrogen-bond donors (Lipinski definition) is 0. The molecule has 0 aromatic heterocycles. The summed E-state index contributed by atoms with van der Waals surface area (Å²) in [6.45, 7) is 0.336. The van der Waals surface area contributed by atoms with Gasteiger partial charge in [0.1, 0.15) is 159 Å². The van der Waals surface area contributed by atoms with Gasteiger partial charge in [-0.05, 0) is 6.42 Å². The maximum atomic E-state index is 7.18. The van der Waals surface area contributed by atoms with Gasteiger partial charge in [0.25, 0.3) is 0 Å². The molecule has 0 radical (unpaired) electrons. The third-order valence-electron chi connectivity index (χ3n) is 19.7. The molecule has 0 aromatic carbocycles. The lowest BCUT2D eigenvalue weighted by Gasteiger charge is -2.52. The fourth-order valence-electron chi connectivity index (χ4n) is 15.4. The molecule has 33 heteroatoms. The zero-order valence-corrected chi connectivity index (χ0v) is 58.3. The standard InChI is InChI=1S/C62H108O33/c1-63-22-30-38-44(70-8)51(76-14)58(84-30)91-40-32(24-65-3)86-60(53(78-16)46(40)72-10)93-42-34(26-67-5)88-62(55(80-18)48(42)74-12)95-43-35(27-68-6)89-61(56(81-19)49(43)75-13)94-41-33(25-66-4)87-59(54(79-17)47(41)73-11)92-39-31(23-64-2)85-57(52(77-15)45(39)71-9)90-36-28-20-29(83-38)37(69-7)50(36)82-21-28/h28-62H,20-27H2,1-19H3/t28-,29+,30-,31-,32-,33-,34-,35-,36-,37+,38-,39-,40-,41-,42-,43-,44+,45+,46+,47+,48+,49+,50+,51-,52-,53-,54-,55-,56-,57-,58-,59-,60-,61-,62-/m1/s1.